The first-order valence-electron chi connectivity index (χ1n) is 25.1. The van der Waals surface area contributed by atoms with Gasteiger partial charge in [-0.05, 0) is 138 Å². The van der Waals surface area contributed by atoms with Crippen LogP contribution in [0.5, 0.6) is 5.75 Å². The highest BCUT2D eigenvalue weighted by molar-refractivity contribution is 6.08. The predicted octanol–water partition coefficient (Wildman–Crippen LogP) is 7.85. The van der Waals surface area contributed by atoms with Crippen LogP contribution in [0.1, 0.15) is 112 Å². The number of methoxy groups -OCH3 is 1. The van der Waals surface area contributed by atoms with Gasteiger partial charge in [-0.2, -0.15) is 13.2 Å². The number of piperidine rings is 1. The molecule has 0 spiro atoms. The summed E-state index contributed by atoms with van der Waals surface area (Å²) in [6.07, 6.45) is 3.49. The van der Waals surface area contributed by atoms with E-state index >= 15 is 0 Å². The number of anilines is 1. The number of imide groups is 1. The molecule has 0 bridgehead atoms. The van der Waals surface area contributed by atoms with Crippen molar-refractivity contribution in [2.75, 3.05) is 71.0 Å². The number of hydrogen-bond donors (Lipinski definition) is 2. The molecule has 5 heterocycles. The Hall–Kier alpha value is -5.45. The molecule has 5 aliphatic rings. The van der Waals surface area contributed by atoms with Gasteiger partial charge < -0.3 is 24.6 Å². The van der Waals surface area contributed by atoms with E-state index in [1.54, 1.807) is 23.8 Å². The number of hydrogen-bond acceptors (Lipinski definition) is 9. The summed E-state index contributed by atoms with van der Waals surface area (Å²) in [5.74, 6) is 0.312. The van der Waals surface area contributed by atoms with E-state index in [4.69, 9.17) is 9.47 Å². The Balaban J connectivity index is 0.801. The third-order valence-corrected chi connectivity index (χ3v) is 15.8. The van der Waals surface area contributed by atoms with Crippen LogP contribution in [-0.2, 0) is 32.8 Å². The molecule has 3 atom stereocenters. The molecule has 2 fully saturated rings. The van der Waals surface area contributed by atoms with Gasteiger partial charge in [0.2, 0.25) is 11.8 Å². The summed E-state index contributed by atoms with van der Waals surface area (Å²) in [4.78, 5) is 58.5. The predicted molar refractivity (Wildman–Crippen MR) is 264 cm³/mol. The van der Waals surface area contributed by atoms with Gasteiger partial charge in [0.1, 0.15) is 11.8 Å². The Kier molecular flexibility index (Phi) is 13.9. The largest absolute Gasteiger partial charge is 0.497 e. The van der Waals surface area contributed by atoms with E-state index < -0.39 is 23.5 Å². The van der Waals surface area contributed by atoms with E-state index in [1.807, 2.05) is 21.9 Å². The quantitative estimate of drug-likeness (QED) is 0.0853. The van der Waals surface area contributed by atoms with Gasteiger partial charge in [-0.15, -0.1) is 0 Å². The van der Waals surface area contributed by atoms with E-state index in [2.05, 4.69) is 71.9 Å². The molecular formula is C54H68F3N7O6. The molecule has 70 heavy (non-hydrogen) atoms. The van der Waals surface area contributed by atoms with E-state index in [9.17, 15) is 32.3 Å². The number of ether oxygens (including phenoxy) is 2. The van der Waals surface area contributed by atoms with Crippen LogP contribution in [0.15, 0.2) is 71.5 Å². The van der Waals surface area contributed by atoms with Gasteiger partial charge in [0.05, 0.1) is 40.4 Å². The fourth-order valence-electron chi connectivity index (χ4n) is 11.8. The Labute approximate surface area is 408 Å². The summed E-state index contributed by atoms with van der Waals surface area (Å²) in [7, 11) is 1.64. The van der Waals surface area contributed by atoms with Crippen molar-refractivity contribution < 1.29 is 37.0 Å². The lowest BCUT2D eigenvalue weighted by molar-refractivity contribution is -0.217. The zero-order valence-corrected chi connectivity index (χ0v) is 41.3. The second kappa shape index (κ2) is 19.6. The number of allylic oxidation sites excluding steroid dienone is 2. The molecule has 3 aromatic carbocycles. The minimum Gasteiger partial charge on any atom is -0.497 e. The zero-order chi connectivity index (χ0) is 49.6. The van der Waals surface area contributed by atoms with Gasteiger partial charge in [0, 0.05) is 70.8 Å². The van der Waals surface area contributed by atoms with Gasteiger partial charge in [0.15, 0.2) is 0 Å². The molecule has 4 aliphatic heterocycles. The molecule has 2 N–H and O–H groups in total. The van der Waals surface area contributed by atoms with Crippen molar-refractivity contribution in [2.45, 2.75) is 115 Å². The van der Waals surface area contributed by atoms with Crippen LogP contribution in [0, 0.1) is 11.3 Å². The number of nitrogens with zero attached hydrogens (tertiary/aromatic N) is 5. The van der Waals surface area contributed by atoms with Crippen molar-refractivity contribution in [1.82, 2.24) is 29.6 Å². The maximum absolute atomic E-state index is 14.4. The molecule has 376 valence electrons. The SMILES string of the molecule is COc1ccc([C@]2(CCN(Cc3ccc(C4=CC[C@H](CNCCN5CCN6CCn7c(=O)n(C8CCC(=O)NC8=O)c8ccc(c6c87)C5=O)CC4)cc3)CC(C)(C)C(F)(F)F)CCOC(C)(C)C2)cc1. The summed E-state index contributed by atoms with van der Waals surface area (Å²) in [6.45, 7) is 12.4. The van der Waals surface area contributed by atoms with Crippen molar-refractivity contribution in [3.8, 4) is 5.75 Å². The van der Waals surface area contributed by atoms with Crippen LogP contribution in [0.25, 0.3) is 16.6 Å². The van der Waals surface area contributed by atoms with Crippen LogP contribution in [0.4, 0.5) is 18.9 Å². The Bertz CT molecular complexity index is 2690. The number of imidazole rings is 1. The van der Waals surface area contributed by atoms with Gasteiger partial charge >= 0.3 is 11.9 Å². The number of nitrogens with one attached hydrogen (secondary N) is 2. The average Bonchev–Trinajstić information content (AvgIpc) is 3.53. The Morgan fingerprint density at radius 2 is 1.69 bits per heavy atom. The number of amides is 3. The second-order valence-corrected chi connectivity index (χ2v) is 21.5. The van der Waals surface area contributed by atoms with Crippen LogP contribution >= 0.6 is 0 Å². The Morgan fingerprint density at radius 1 is 0.929 bits per heavy atom. The monoisotopic (exact) mass is 968 g/mol. The summed E-state index contributed by atoms with van der Waals surface area (Å²) in [5, 5.41) is 5.98. The van der Waals surface area contributed by atoms with Crippen molar-refractivity contribution >= 4 is 40.0 Å². The number of aromatic nitrogens is 2. The fourth-order valence-corrected chi connectivity index (χ4v) is 11.8. The molecule has 1 aliphatic carbocycles. The molecule has 0 saturated carbocycles. The van der Waals surface area contributed by atoms with E-state index in [1.165, 1.54) is 24.0 Å². The summed E-state index contributed by atoms with van der Waals surface area (Å²) in [5.41, 5.74) is 4.31. The maximum Gasteiger partial charge on any atom is 0.395 e. The standard InChI is InChI=1S/C54H68F3N7O6/c1-51(2,54(55,56)57)35-60(25-22-53(23-31-70-52(3,4)34-53)40-14-16-41(69-5)17-15-40)33-37-8-12-39(13-9-37)38-10-6-36(7-11-38)32-58-24-26-62-28-27-61-29-30-63-47-43(19-18-42(46(47)61)49(62)67)64(50(63)68)44-20-21-45(65)59-48(44)66/h8-10,12-19,36,44,58H,6-7,11,20-35H2,1-5H3,(H,59,65,66)/t36-,44?,53+/m0/s1. The molecule has 0 radical (unpaired) electrons. The lowest BCUT2D eigenvalue weighted by atomic mass is 9.67. The number of halogens is 3. The van der Waals surface area contributed by atoms with E-state index in [0.29, 0.717) is 87.9 Å². The van der Waals surface area contributed by atoms with Crippen LogP contribution in [-0.4, -0.2) is 115 Å². The topological polar surface area (TPSA) is 130 Å². The number of benzene rings is 3. The molecular weight excluding hydrogens is 900 g/mol. The maximum atomic E-state index is 14.4. The lowest BCUT2D eigenvalue weighted by Crippen LogP contribution is -2.47. The number of rotatable bonds is 16. The summed E-state index contributed by atoms with van der Waals surface area (Å²) in [6, 6.07) is 19.3. The highest BCUT2D eigenvalue weighted by atomic mass is 19.4. The van der Waals surface area contributed by atoms with E-state index in [-0.39, 0.29) is 47.9 Å². The minimum absolute atomic E-state index is 0.0813. The average molecular weight is 968 g/mol. The van der Waals surface area contributed by atoms with Gasteiger partial charge in [-0.1, -0.05) is 42.5 Å². The lowest BCUT2D eigenvalue weighted by Gasteiger charge is -2.46. The molecule has 1 aromatic heterocycles. The first-order valence-corrected chi connectivity index (χ1v) is 25.1. The molecule has 3 amide bonds. The molecule has 13 nitrogen and oxygen atoms in total. The first kappa shape index (κ1) is 49.5. The highest BCUT2D eigenvalue weighted by Crippen LogP contribution is 2.46. The van der Waals surface area contributed by atoms with E-state index in [0.717, 1.165) is 66.8 Å². The van der Waals surface area contributed by atoms with Gasteiger partial charge in [-0.3, -0.25) is 33.7 Å². The second-order valence-electron chi connectivity index (χ2n) is 21.5. The number of alkyl halides is 3. The Morgan fingerprint density at radius 3 is 2.37 bits per heavy atom. The number of carbonyl (C=O) groups excluding carboxylic acids is 3. The zero-order valence-electron chi connectivity index (χ0n) is 41.3. The van der Waals surface area contributed by atoms with Crippen molar-refractivity contribution in [3.63, 3.8) is 0 Å². The van der Waals surface area contributed by atoms with Gasteiger partial charge in [-0.25, -0.2) is 4.79 Å². The third kappa shape index (κ3) is 10.1. The van der Waals surface area contributed by atoms with Gasteiger partial charge in [0.25, 0.3) is 5.91 Å². The first-order chi connectivity index (χ1) is 33.3. The van der Waals surface area contributed by atoms with Crippen molar-refractivity contribution in [2.24, 2.45) is 11.3 Å². The van der Waals surface area contributed by atoms with Crippen molar-refractivity contribution in [1.29, 1.82) is 0 Å². The van der Waals surface area contributed by atoms with Crippen LogP contribution in [0.3, 0.4) is 0 Å². The van der Waals surface area contributed by atoms with Crippen molar-refractivity contribution in [3.05, 3.63) is 99.5 Å². The normalized spacial score (nSPS) is 22.9. The summed E-state index contributed by atoms with van der Waals surface area (Å²) < 4.78 is 57.9. The highest BCUT2D eigenvalue weighted by Gasteiger charge is 2.49. The third-order valence-electron chi connectivity index (χ3n) is 15.8. The smallest absolute Gasteiger partial charge is 0.395 e. The molecule has 1 unspecified atom stereocenters. The molecule has 9 rings (SSSR count). The minimum atomic E-state index is -4.35. The summed E-state index contributed by atoms with van der Waals surface area (Å²) >= 11 is 0. The van der Waals surface area contributed by atoms with Crippen LogP contribution < -0.4 is 26.0 Å². The van der Waals surface area contributed by atoms with Crippen LogP contribution in [0.2, 0.25) is 0 Å². The molecule has 16 heteroatoms. The fraction of sp³-hybridized carbons (Fsp3) is 0.556. The molecule has 4 aromatic rings. The number of carbonyl (C=O) groups is 3. The molecule has 2 saturated heterocycles.